The predicted molar refractivity (Wildman–Crippen MR) is 100.0 cm³/mol. The highest BCUT2D eigenvalue weighted by molar-refractivity contribution is 6.08. The third-order valence-electron chi connectivity index (χ3n) is 5.15. The Hall–Kier alpha value is -3.23. The van der Waals surface area contributed by atoms with Gasteiger partial charge in [0.05, 0.1) is 11.3 Å². The number of carbonyl (C=O) groups is 2. The number of benzene rings is 2. The molecule has 0 spiro atoms. The van der Waals surface area contributed by atoms with Crippen LogP contribution in [0.1, 0.15) is 33.6 Å². The van der Waals surface area contributed by atoms with E-state index in [1.165, 1.54) is 12.1 Å². The topological polar surface area (TPSA) is 61.9 Å². The molecule has 2 aromatic carbocycles. The van der Waals surface area contributed by atoms with E-state index in [2.05, 4.69) is 10.1 Å². The minimum absolute atomic E-state index is 0.00510. The fourth-order valence-corrected chi connectivity index (χ4v) is 3.79. The molecule has 2 heterocycles. The molecule has 2 aliphatic heterocycles. The van der Waals surface area contributed by atoms with Crippen LogP contribution >= 0.6 is 0 Å². The largest absolute Gasteiger partial charge is 0.573 e. The minimum atomic E-state index is -4.77. The van der Waals surface area contributed by atoms with Crippen LogP contribution in [0.5, 0.6) is 5.75 Å². The lowest BCUT2D eigenvalue weighted by Gasteiger charge is -2.40. The van der Waals surface area contributed by atoms with Gasteiger partial charge in [0.25, 0.3) is 11.8 Å². The summed E-state index contributed by atoms with van der Waals surface area (Å²) in [5.74, 6) is -0.828. The summed E-state index contributed by atoms with van der Waals surface area (Å²) in [7, 11) is 1.90. The molecular formula is C20H18F3N3O3. The van der Waals surface area contributed by atoms with Crippen molar-refractivity contribution in [3.05, 3.63) is 53.6 Å². The van der Waals surface area contributed by atoms with Crippen molar-refractivity contribution >= 4 is 23.2 Å². The lowest BCUT2D eigenvalue weighted by atomic mass is 10.0. The van der Waals surface area contributed by atoms with Gasteiger partial charge in [0.2, 0.25) is 0 Å². The third-order valence-corrected chi connectivity index (χ3v) is 5.15. The van der Waals surface area contributed by atoms with Crippen molar-refractivity contribution in [3.63, 3.8) is 0 Å². The van der Waals surface area contributed by atoms with Gasteiger partial charge in [-0.05, 0) is 55.3 Å². The summed E-state index contributed by atoms with van der Waals surface area (Å²) in [6.45, 7) is 0.726. The van der Waals surface area contributed by atoms with Crippen LogP contribution in [0, 0.1) is 0 Å². The molecule has 0 bridgehead atoms. The molecular weight excluding hydrogens is 387 g/mol. The quantitative estimate of drug-likeness (QED) is 0.843. The van der Waals surface area contributed by atoms with Crippen molar-refractivity contribution in [1.82, 2.24) is 4.90 Å². The van der Waals surface area contributed by atoms with E-state index in [0.717, 1.165) is 31.5 Å². The van der Waals surface area contributed by atoms with E-state index in [9.17, 15) is 22.8 Å². The normalized spacial score (nSPS) is 18.3. The van der Waals surface area contributed by atoms with Crippen molar-refractivity contribution in [2.45, 2.75) is 25.4 Å². The summed E-state index contributed by atoms with van der Waals surface area (Å²) in [6.07, 6.45) is -2.96. The molecule has 1 atom stereocenters. The van der Waals surface area contributed by atoms with Crippen LogP contribution in [0.3, 0.4) is 0 Å². The zero-order valence-electron chi connectivity index (χ0n) is 15.5. The number of hydrogen-bond donors (Lipinski definition) is 1. The number of alkyl halides is 3. The van der Waals surface area contributed by atoms with Crippen molar-refractivity contribution in [2.75, 3.05) is 23.8 Å². The van der Waals surface area contributed by atoms with Gasteiger partial charge in [0.15, 0.2) is 0 Å². The molecule has 0 saturated carbocycles. The number of fused-ring (bicyclic) bond motifs is 2. The Balaban J connectivity index is 1.52. The van der Waals surface area contributed by atoms with E-state index in [0.29, 0.717) is 22.5 Å². The molecule has 1 saturated heterocycles. The fraction of sp³-hybridized carbons (Fsp3) is 0.300. The Labute approximate surface area is 164 Å². The van der Waals surface area contributed by atoms with Gasteiger partial charge in [-0.15, -0.1) is 13.2 Å². The highest BCUT2D eigenvalue weighted by Gasteiger charge is 2.38. The second-order valence-corrected chi connectivity index (χ2v) is 6.99. The highest BCUT2D eigenvalue weighted by atomic mass is 19.4. The lowest BCUT2D eigenvalue weighted by Crippen LogP contribution is -2.50. The number of nitrogens with zero attached hydrogens (tertiary/aromatic N) is 2. The monoisotopic (exact) mass is 405 g/mol. The van der Waals surface area contributed by atoms with Crippen molar-refractivity contribution in [2.24, 2.45) is 0 Å². The average Bonchev–Trinajstić information content (AvgIpc) is 3.16. The molecule has 0 aromatic heterocycles. The zero-order valence-corrected chi connectivity index (χ0v) is 15.5. The molecule has 1 N–H and O–H groups in total. The van der Waals surface area contributed by atoms with Crippen LogP contribution in [0.15, 0.2) is 42.5 Å². The summed E-state index contributed by atoms with van der Waals surface area (Å²) in [6, 6.07) is 9.76. The Morgan fingerprint density at radius 3 is 2.59 bits per heavy atom. The van der Waals surface area contributed by atoms with Gasteiger partial charge in [0.1, 0.15) is 11.9 Å². The molecule has 152 valence electrons. The standard InChI is InChI=1S/C20H18F3N3O3/c1-25-16-11-12(4-9-15(16)19(28)26-10-2-3-17(25)26)18(27)24-13-5-7-14(8-6-13)29-20(21,22)23/h4-9,11,17H,2-3,10H2,1H3,(H,24,27)/t17-/m0/s1. The number of hydrogen-bond acceptors (Lipinski definition) is 4. The number of anilines is 2. The van der Waals surface area contributed by atoms with E-state index in [1.807, 2.05) is 16.8 Å². The van der Waals surface area contributed by atoms with Gasteiger partial charge in [-0.25, -0.2) is 0 Å². The van der Waals surface area contributed by atoms with E-state index in [1.54, 1.807) is 18.2 Å². The molecule has 4 rings (SSSR count). The first kappa shape index (κ1) is 19.1. The molecule has 2 amide bonds. The van der Waals surface area contributed by atoms with Crippen molar-refractivity contribution < 1.29 is 27.5 Å². The molecule has 9 heteroatoms. The molecule has 6 nitrogen and oxygen atoms in total. The van der Waals surface area contributed by atoms with Gasteiger partial charge in [-0.2, -0.15) is 0 Å². The van der Waals surface area contributed by atoms with Crippen molar-refractivity contribution in [3.8, 4) is 5.75 Å². The summed E-state index contributed by atoms with van der Waals surface area (Å²) < 4.78 is 40.5. The van der Waals surface area contributed by atoms with Gasteiger partial charge < -0.3 is 19.9 Å². The van der Waals surface area contributed by atoms with E-state index >= 15 is 0 Å². The first-order valence-corrected chi connectivity index (χ1v) is 9.08. The van der Waals surface area contributed by atoms with Crippen LogP contribution in [0.4, 0.5) is 24.5 Å². The molecule has 1 fully saturated rings. The van der Waals surface area contributed by atoms with Crippen LogP contribution in [-0.2, 0) is 0 Å². The third kappa shape index (κ3) is 3.72. The number of ether oxygens (including phenoxy) is 1. The first-order chi connectivity index (χ1) is 13.7. The maximum absolute atomic E-state index is 12.7. The summed E-state index contributed by atoms with van der Waals surface area (Å²) in [5, 5.41) is 2.64. The number of amides is 2. The Morgan fingerprint density at radius 1 is 1.17 bits per heavy atom. The number of carbonyl (C=O) groups excluding carboxylic acids is 2. The SMILES string of the molecule is CN1c2cc(C(=O)Nc3ccc(OC(F)(F)F)cc3)ccc2C(=O)N2CCC[C@H]21. The number of halogens is 3. The number of rotatable bonds is 3. The van der Waals surface area contributed by atoms with E-state index < -0.39 is 12.3 Å². The molecule has 29 heavy (non-hydrogen) atoms. The molecule has 0 radical (unpaired) electrons. The van der Waals surface area contributed by atoms with Gasteiger partial charge in [-0.1, -0.05) is 0 Å². The predicted octanol–water partition coefficient (Wildman–Crippen LogP) is 3.85. The number of nitrogens with one attached hydrogen (secondary N) is 1. The maximum Gasteiger partial charge on any atom is 0.573 e. The molecule has 2 aliphatic rings. The zero-order chi connectivity index (χ0) is 20.8. The lowest BCUT2D eigenvalue weighted by molar-refractivity contribution is -0.274. The molecule has 0 unspecified atom stereocenters. The maximum atomic E-state index is 12.7. The second-order valence-electron chi connectivity index (χ2n) is 6.99. The van der Waals surface area contributed by atoms with Gasteiger partial charge >= 0.3 is 6.36 Å². The van der Waals surface area contributed by atoms with Crippen LogP contribution in [-0.4, -0.2) is 42.8 Å². The van der Waals surface area contributed by atoms with E-state index in [4.69, 9.17) is 0 Å². The Kier molecular flexibility index (Phi) is 4.60. The second kappa shape index (κ2) is 6.98. The van der Waals surface area contributed by atoms with Gasteiger partial charge in [0, 0.05) is 24.8 Å². The minimum Gasteiger partial charge on any atom is -0.406 e. The molecule has 2 aromatic rings. The first-order valence-electron chi connectivity index (χ1n) is 9.08. The Morgan fingerprint density at radius 2 is 1.90 bits per heavy atom. The summed E-state index contributed by atoms with van der Waals surface area (Å²) in [4.78, 5) is 29.1. The fourth-order valence-electron chi connectivity index (χ4n) is 3.79. The van der Waals surface area contributed by atoms with E-state index in [-0.39, 0.29) is 17.8 Å². The van der Waals surface area contributed by atoms with Crippen LogP contribution < -0.4 is 15.0 Å². The van der Waals surface area contributed by atoms with Crippen molar-refractivity contribution in [1.29, 1.82) is 0 Å². The van der Waals surface area contributed by atoms with Crippen LogP contribution in [0.25, 0.3) is 0 Å². The molecule has 0 aliphatic carbocycles. The smallest absolute Gasteiger partial charge is 0.406 e. The van der Waals surface area contributed by atoms with Crippen LogP contribution in [0.2, 0.25) is 0 Å². The highest BCUT2D eigenvalue weighted by Crippen LogP contribution is 2.35. The summed E-state index contributed by atoms with van der Waals surface area (Å²) in [5.41, 5.74) is 1.93. The van der Waals surface area contributed by atoms with Gasteiger partial charge in [-0.3, -0.25) is 9.59 Å². The summed E-state index contributed by atoms with van der Waals surface area (Å²) >= 11 is 0. The average molecular weight is 405 g/mol. The Bertz CT molecular complexity index is 960.